The largest absolute Gasteiger partial charge is 0.322 e. The Morgan fingerprint density at radius 3 is 2.21 bits per heavy atom. The van der Waals surface area contributed by atoms with Crippen LogP contribution in [0, 0.1) is 6.92 Å². The Morgan fingerprint density at radius 2 is 1.50 bits per heavy atom. The van der Waals surface area contributed by atoms with Crippen LogP contribution in [0.1, 0.15) is 11.1 Å². The smallest absolute Gasteiger partial charge is 0.265 e. The Balaban J connectivity index is 1.83. The monoisotopic (exact) mass is 390 g/mol. The first-order chi connectivity index (χ1) is 13.5. The van der Waals surface area contributed by atoms with Gasteiger partial charge in [-0.1, -0.05) is 66.2 Å². The molecule has 0 spiro atoms. The minimum absolute atomic E-state index is 0.289. The lowest BCUT2D eigenvalue weighted by Crippen LogP contribution is -2.28. The first-order valence-electron chi connectivity index (χ1n) is 9.14. The Bertz CT molecular complexity index is 1210. The van der Waals surface area contributed by atoms with E-state index >= 15 is 0 Å². The molecule has 4 aromatic rings. The lowest BCUT2D eigenvalue weighted by Gasteiger charge is -2.22. The van der Waals surface area contributed by atoms with Gasteiger partial charge in [0.05, 0.1) is 10.4 Å². The summed E-state index contributed by atoms with van der Waals surface area (Å²) in [6, 6.07) is 26.9. The summed E-state index contributed by atoms with van der Waals surface area (Å²) in [5.41, 5.74) is 3.15. The number of hydrogen-bond acceptors (Lipinski definition) is 2. The molecule has 28 heavy (non-hydrogen) atoms. The van der Waals surface area contributed by atoms with Gasteiger partial charge in [0.15, 0.2) is 0 Å². The molecular formula is C23H22N2O2S. The summed E-state index contributed by atoms with van der Waals surface area (Å²) < 4.78 is 29.9. The highest BCUT2D eigenvalue weighted by atomic mass is 32.2. The molecule has 4 rings (SSSR count). The highest BCUT2D eigenvalue weighted by molar-refractivity contribution is 7.92. The molecule has 3 aromatic carbocycles. The van der Waals surface area contributed by atoms with Crippen molar-refractivity contribution in [2.24, 2.45) is 0 Å². The number of sulfonamides is 1. The maximum absolute atomic E-state index is 13.2. The van der Waals surface area contributed by atoms with Crippen LogP contribution in [0.4, 0.5) is 5.82 Å². The summed E-state index contributed by atoms with van der Waals surface area (Å²) in [6.07, 6.45) is 0. The molecule has 0 N–H and O–H groups in total. The number of nitrogens with zero attached hydrogens (tertiary/aromatic N) is 2. The minimum atomic E-state index is -3.66. The Labute approximate surface area is 165 Å². The molecule has 0 saturated heterocycles. The average Bonchev–Trinajstić information content (AvgIpc) is 3.07. The van der Waals surface area contributed by atoms with E-state index in [4.69, 9.17) is 0 Å². The third-order valence-corrected chi connectivity index (χ3v) is 6.75. The van der Waals surface area contributed by atoms with Crippen molar-refractivity contribution in [3.8, 4) is 0 Å². The molecule has 0 saturated carbocycles. The van der Waals surface area contributed by atoms with Crippen LogP contribution in [0.5, 0.6) is 0 Å². The first kappa shape index (κ1) is 18.3. The molecule has 1 heterocycles. The predicted octanol–water partition coefficient (Wildman–Crippen LogP) is 4.82. The van der Waals surface area contributed by atoms with E-state index in [0.29, 0.717) is 12.4 Å². The quantitative estimate of drug-likeness (QED) is 0.490. The summed E-state index contributed by atoms with van der Waals surface area (Å²) >= 11 is 0. The van der Waals surface area contributed by atoms with E-state index in [1.165, 1.54) is 4.31 Å². The minimum Gasteiger partial charge on any atom is -0.322 e. The van der Waals surface area contributed by atoms with Gasteiger partial charge in [-0.05, 0) is 36.8 Å². The van der Waals surface area contributed by atoms with Gasteiger partial charge in [0.2, 0.25) is 0 Å². The zero-order valence-corrected chi connectivity index (χ0v) is 16.7. The van der Waals surface area contributed by atoms with Gasteiger partial charge in [-0.25, -0.2) is 8.42 Å². The van der Waals surface area contributed by atoms with Crippen LogP contribution in [-0.4, -0.2) is 20.0 Å². The van der Waals surface area contributed by atoms with Gasteiger partial charge < -0.3 is 4.57 Å². The third kappa shape index (κ3) is 3.29. The Kier molecular flexibility index (Phi) is 4.69. The summed E-state index contributed by atoms with van der Waals surface area (Å²) in [6.45, 7) is 2.54. The van der Waals surface area contributed by atoms with Crippen molar-refractivity contribution in [1.29, 1.82) is 0 Å². The van der Waals surface area contributed by atoms with Crippen molar-refractivity contribution < 1.29 is 8.42 Å². The van der Waals surface area contributed by atoms with E-state index in [-0.39, 0.29) is 4.90 Å². The Hall–Kier alpha value is -3.05. The van der Waals surface area contributed by atoms with Crippen molar-refractivity contribution in [2.45, 2.75) is 18.4 Å². The van der Waals surface area contributed by atoms with Crippen LogP contribution in [0.3, 0.4) is 0 Å². The molecule has 0 atom stereocenters. The molecule has 0 aliphatic rings. The van der Waals surface area contributed by atoms with Gasteiger partial charge in [-0.15, -0.1) is 0 Å². The molecule has 0 aliphatic carbocycles. The van der Waals surface area contributed by atoms with Crippen LogP contribution in [-0.2, 0) is 16.6 Å². The van der Waals surface area contributed by atoms with Crippen LogP contribution in [0.25, 0.3) is 10.9 Å². The van der Waals surface area contributed by atoms with Crippen molar-refractivity contribution >= 4 is 26.7 Å². The lowest BCUT2D eigenvalue weighted by molar-refractivity contribution is 0.593. The average molecular weight is 391 g/mol. The molecule has 1 aromatic heterocycles. The van der Waals surface area contributed by atoms with Crippen molar-refractivity contribution in [2.75, 3.05) is 11.4 Å². The SMILES string of the molecule is Cc1ccc(S(=O)(=O)N(C)c2cc3ccccc3n2Cc2ccccc2)cc1. The number of benzene rings is 3. The molecule has 0 fully saturated rings. The molecule has 4 nitrogen and oxygen atoms in total. The number of anilines is 1. The highest BCUT2D eigenvalue weighted by Crippen LogP contribution is 2.30. The first-order valence-corrected chi connectivity index (χ1v) is 10.6. The number of para-hydroxylation sites is 1. The molecule has 0 bridgehead atoms. The van der Waals surface area contributed by atoms with Gasteiger partial charge in [-0.2, -0.15) is 0 Å². The standard InChI is InChI=1S/C23H22N2O2S/c1-18-12-14-21(15-13-18)28(26,27)24(2)23-16-20-10-6-7-11-22(20)25(23)17-19-8-4-3-5-9-19/h3-16H,17H2,1-2H3. The van der Waals surface area contributed by atoms with Gasteiger partial charge in [0.25, 0.3) is 10.0 Å². The van der Waals surface area contributed by atoms with E-state index in [1.54, 1.807) is 19.2 Å². The normalized spacial score (nSPS) is 11.6. The fourth-order valence-corrected chi connectivity index (χ4v) is 4.57. The maximum Gasteiger partial charge on any atom is 0.265 e. The second-order valence-corrected chi connectivity index (χ2v) is 8.89. The predicted molar refractivity (Wildman–Crippen MR) is 114 cm³/mol. The molecule has 0 aliphatic heterocycles. The molecule has 0 amide bonds. The van der Waals surface area contributed by atoms with E-state index in [2.05, 4.69) is 4.57 Å². The zero-order chi connectivity index (χ0) is 19.7. The van der Waals surface area contributed by atoms with Crippen LogP contribution < -0.4 is 4.31 Å². The summed E-state index contributed by atoms with van der Waals surface area (Å²) in [7, 11) is -2.04. The second kappa shape index (κ2) is 7.17. The zero-order valence-electron chi connectivity index (χ0n) is 15.9. The molecule has 5 heteroatoms. The second-order valence-electron chi connectivity index (χ2n) is 6.92. The molecule has 0 unspecified atom stereocenters. The van der Waals surface area contributed by atoms with E-state index in [0.717, 1.165) is 22.0 Å². The van der Waals surface area contributed by atoms with E-state index in [1.807, 2.05) is 79.7 Å². The van der Waals surface area contributed by atoms with Gasteiger partial charge in [0, 0.05) is 19.0 Å². The van der Waals surface area contributed by atoms with E-state index in [9.17, 15) is 8.42 Å². The molecule has 142 valence electrons. The molecule has 0 radical (unpaired) electrons. The fraction of sp³-hybridized carbons (Fsp3) is 0.130. The van der Waals surface area contributed by atoms with Crippen LogP contribution in [0.15, 0.2) is 89.8 Å². The summed E-state index contributed by atoms with van der Waals surface area (Å²) in [5, 5.41) is 1.01. The van der Waals surface area contributed by atoms with Crippen molar-refractivity contribution in [3.05, 3.63) is 96.1 Å². The number of rotatable bonds is 5. The summed E-state index contributed by atoms with van der Waals surface area (Å²) in [5.74, 6) is 0.644. The van der Waals surface area contributed by atoms with E-state index < -0.39 is 10.0 Å². The Morgan fingerprint density at radius 1 is 0.857 bits per heavy atom. The number of hydrogen-bond donors (Lipinski definition) is 0. The van der Waals surface area contributed by atoms with Crippen molar-refractivity contribution in [1.82, 2.24) is 4.57 Å². The van der Waals surface area contributed by atoms with Gasteiger partial charge in [0.1, 0.15) is 5.82 Å². The topological polar surface area (TPSA) is 42.3 Å². The van der Waals surface area contributed by atoms with Crippen LogP contribution >= 0.6 is 0 Å². The fourth-order valence-electron chi connectivity index (χ4n) is 3.38. The summed E-state index contributed by atoms with van der Waals surface area (Å²) in [4.78, 5) is 0.289. The highest BCUT2D eigenvalue weighted by Gasteiger charge is 2.24. The number of aromatic nitrogens is 1. The maximum atomic E-state index is 13.2. The van der Waals surface area contributed by atoms with Crippen LogP contribution in [0.2, 0.25) is 0 Å². The van der Waals surface area contributed by atoms with Gasteiger partial charge in [-0.3, -0.25) is 4.31 Å². The number of fused-ring (bicyclic) bond motifs is 1. The van der Waals surface area contributed by atoms with Gasteiger partial charge >= 0.3 is 0 Å². The lowest BCUT2D eigenvalue weighted by atomic mass is 10.2. The third-order valence-electron chi connectivity index (χ3n) is 4.97. The van der Waals surface area contributed by atoms with Crippen molar-refractivity contribution in [3.63, 3.8) is 0 Å². The molecular weight excluding hydrogens is 368 g/mol. The number of aryl methyl sites for hydroxylation is 1.